The molecule has 1 heterocycles. The van der Waals surface area contributed by atoms with Crippen molar-refractivity contribution in [1.29, 1.82) is 0 Å². The first kappa shape index (κ1) is 11.2. The molecule has 3 aromatic rings. The van der Waals surface area contributed by atoms with Crippen LogP contribution in [-0.2, 0) is 0 Å². The smallest absolute Gasteiger partial charge is 0.229 e. The van der Waals surface area contributed by atoms with Crippen molar-refractivity contribution in [2.24, 2.45) is 0 Å². The molecule has 18 heavy (non-hydrogen) atoms. The van der Waals surface area contributed by atoms with Crippen LogP contribution < -0.4 is 5.73 Å². The van der Waals surface area contributed by atoms with E-state index in [4.69, 9.17) is 10.2 Å². The molecule has 0 atom stereocenters. The summed E-state index contributed by atoms with van der Waals surface area (Å²) in [5, 5.41) is 0. The predicted molar refractivity (Wildman–Crippen MR) is 71.5 cm³/mol. The van der Waals surface area contributed by atoms with Gasteiger partial charge >= 0.3 is 0 Å². The maximum Gasteiger partial charge on any atom is 0.229 e. The average molecular weight is 307 g/mol. The second kappa shape index (κ2) is 4.10. The number of halogens is 2. The molecule has 0 unspecified atom stereocenters. The molecule has 1 aromatic heterocycles. The number of anilines is 1. The molecule has 0 aliphatic rings. The number of aromatic nitrogens is 1. The molecule has 2 aromatic carbocycles. The molecule has 0 aliphatic carbocycles. The molecule has 0 amide bonds. The van der Waals surface area contributed by atoms with E-state index in [1.54, 1.807) is 12.1 Å². The fraction of sp³-hybridized carbons (Fsp3) is 0. The van der Waals surface area contributed by atoms with Crippen molar-refractivity contribution in [3.8, 4) is 11.5 Å². The molecule has 0 saturated heterocycles. The molecule has 0 bridgehead atoms. The molecule has 0 aliphatic heterocycles. The summed E-state index contributed by atoms with van der Waals surface area (Å²) in [6, 6.07) is 9.71. The van der Waals surface area contributed by atoms with E-state index in [0.29, 0.717) is 28.2 Å². The van der Waals surface area contributed by atoms with Crippen LogP contribution in [0.3, 0.4) is 0 Å². The first-order valence-electron chi connectivity index (χ1n) is 5.25. The van der Waals surface area contributed by atoms with Crippen LogP contribution in [-0.4, -0.2) is 4.98 Å². The van der Waals surface area contributed by atoms with E-state index < -0.39 is 0 Å². The Morgan fingerprint density at radius 3 is 2.89 bits per heavy atom. The number of benzene rings is 2. The maximum absolute atomic E-state index is 13.1. The minimum absolute atomic E-state index is 0.354. The van der Waals surface area contributed by atoms with Crippen LogP contribution in [0.5, 0.6) is 0 Å². The summed E-state index contributed by atoms with van der Waals surface area (Å²) in [4.78, 5) is 4.29. The first-order valence-corrected chi connectivity index (χ1v) is 6.05. The SMILES string of the molecule is Nc1c(Br)cccc1-c1nc2ccc(F)cc2o1. The fourth-order valence-corrected chi connectivity index (χ4v) is 2.10. The third kappa shape index (κ3) is 1.76. The zero-order chi connectivity index (χ0) is 12.7. The molecular weight excluding hydrogens is 299 g/mol. The fourth-order valence-electron chi connectivity index (χ4n) is 1.74. The zero-order valence-electron chi connectivity index (χ0n) is 9.15. The number of rotatable bonds is 1. The van der Waals surface area contributed by atoms with Gasteiger partial charge in [0.25, 0.3) is 0 Å². The van der Waals surface area contributed by atoms with Crippen LogP contribution in [0.25, 0.3) is 22.6 Å². The summed E-state index contributed by atoms with van der Waals surface area (Å²) in [5.74, 6) is 0.0295. The maximum atomic E-state index is 13.1. The first-order chi connectivity index (χ1) is 8.65. The van der Waals surface area contributed by atoms with Crippen LogP contribution in [0.1, 0.15) is 0 Å². The third-order valence-corrected chi connectivity index (χ3v) is 3.33. The Morgan fingerprint density at radius 2 is 2.06 bits per heavy atom. The van der Waals surface area contributed by atoms with E-state index >= 15 is 0 Å². The Kier molecular flexibility index (Phi) is 2.56. The highest BCUT2D eigenvalue weighted by atomic mass is 79.9. The van der Waals surface area contributed by atoms with Crippen LogP contribution in [0.2, 0.25) is 0 Å². The van der Waals surface area contributed by atoms with Gasteiger partial charge in [0.05, 0.1) is 11.3 Å². The number of para-hydroxylation sites is 1. The minimum Gasteiger partial charge on any atom is -0.436 e. The lowest BCUT2D eigenvalue weighted by molar-refractivity contribution is 0.602. The van der Waals surface area contributed by atoms with E-state index in [1.807, 2.05) is 12.1 Å². The van der Waals surface area contributed by atoms with Crippen molar-refractivity contribution in [1.82, 2.24) is 4.98 Å². The summed E-state index contributed by atoms with van der Waals surface area (Å²) < 4.78 is 19.4. The number of nitrogen functional groups attached to an aromatic ring is 1. The Bertz CT molecular complexity index is 739. The van der Waals surface area contributed by atoms with Crippen LogP contribution >= 0.6 is 15.9 Å². The van der Waals surface area contributed by atoms with Gasteiger partial charge in [0.2, 0.25) is 5.89 Å². The van der Waals surface area contributed by atoms with Crippen molar-refractivity contribution in [2.45, 2.75) is 0 Å². The highest BCUT2D eigenvalue weighted by Gasteiger charge is 2.12. The molecule has 0 radical (unpaired) electrons. The van der Waals surface area contributed by atoms with Crippen LogP contribution in [0.4, 0.5) is 10.1 Å². The Morgan fingerprint density at radius 1 is 1.22 bits per heavy atom. The van der Waals surface area contributed by atoms with Crippen molar-refractivity contribution < 1.29 is 8.81 Å². The lowest BCUT2D eigenvalue weighted by Crippen LogP contribution is -1.91. The van der Waals surface area contributed by atoms with Crippen molar-refractivity contribution in [2.75, 3.05) is 5.73 Å². The summed E-state index contributed by atoms with van der Waals surface area (Å²) in [6.45, 7) is 0. The van der Waals surface area contributed by atoms with Gasteiger partial charge in [-0.15, -0.1) is 0 Å². The summed E-state index contributed by atoms with van der Waals surface area (Å²) in [5.41, 5.74) is 8.18. The highest BCUT2D eigenvalue weighted by molar-refractivity contribution is 9.10. The van der Waals surface area contributed by atoms with Crippen molar-refractivity contribution >= 4 is 32.7 Å². The lowest BCUT2D eigenvalue weighted by Gasteiger charge is -2.02. The van der Waals surface area contributed by atoms with Crippen molar-refractivity contribution in [3.63, 3.8) is 0 Å². The van der Waals surface area contributed by atoms with E-state index in [9.17, 15) is 4.39 Å². The van der Waals surface area contributed by atoms with E-state index in [0.717, 1.165) is 4.47 Å². The summed E-state index contributed by atoms with van der Waals surface area (Å²) in [7, 11) is 0. The van der Waals surface area contributed by atoms with Gasteiger partial charge in [-0.1, -0.05) is 6.07 Å². The number of nitrogens with zero attached hydrogens (tertiary/aromatic N) is 1. The van der Waals surface area contributed by atoms with Crippen LogP contribution in [0.15, 0.2) is 45.3 Å². The van der Waals surface area contributed by atoms with E-state index in [-0.39, 0.29) is 5.82 Å². The normalized spacial score (nSPS) is 11.0. The second-order valence-corrected chi connectivity index (χ2v) is 4.69. The number of fused-ring (bicyclic) bond motifs is 1. The molecular formula is C13H8BrFN2O. The predicted octanol–water partition coefficient (Wildman–Crippen LogP) is 3.98. The molecule has 3 rings (SSSR count). The summed E-state index contributed by atoms with van der Waals surface area (Å²) >= 11 is 3.34. The van der Waals surface area contributed by atoms with Crippen molar-refractivity contribution in [3.05, 3.63) is 46.7 Å². The monoisotopic (exact) mass is 306 g/mol. The second-order valence-electron chi connectivity index (χ2n) is 3.83. The van der Waals surface area contributed by atoms with Gasteiger partial charge < -0.3 is 10.2 Å². The molecule has 5 heteroatoms. The minimum atomic E-state index is -0.354. The molecule has 90 valence electrons. The van der Waals surface area contributed by atoms with E-state index in [1.165, 1.54) is 12.1 Å². The Balaban J connectivity index is 2.22. The molecule has 0 saturated carbocycles. The quantitative estimate of drug-likeness (QED) is 0.692. The molecule has 0 fully saturated rings. The van der Waals surface area contributed by atoms with Gasteiger partial charge in [-0.05, 0) is 40.2 Å². The van der Waals surface area contributed by atoms with Gasteiger partial charge in [-0.3, -0.25) is 0 Å². The number of nitrogens with two attached hydrogens (primary N) is 1. The van der Waals surface area contributed by atoms with Gasteiger partial charge in [0.15, 0.2) is 5.58 Å². The van der Waals surface area contributed by atoms with Gasteiger partial charge in [0, 0.05) is 10.5 Å². The zero-order valence-corrected chi connectivity index (χ0v) is 10.7. The van der Waals surface area contributed by atoms with E-state index in [2.05, 4.69) is 20.9 Å². The largest absolute Gasteiger partial charge is 0.436 e. The number of hydrogen-bond acceptors (Lipinski definition) is 3. The van der Waals surface area contributed by atoms with Gasteiger partial charge in [0.1, 0.15) is 11.3 Å². The third-order valence-electron chi connectivity index (χ3n) is 2.63. The lowest BCUT2D eigenvalue weighted by atomic mass is 10.2. The van der Waals surface area contributed by atoms with Gasteiger partial charge in [-0.2, -0.15) is 0 Å². The molecule has 2 N–H and O–H groups in total. The molecule has 3 nitrogen and oxygen atoms in total. The Hall–Kier alpha value is -1.88. The average Bonchev–Trinajstić information content (AvgIpc) is 2.75. The highest BCUT2D eigenvalue weighted by Crippen LogP contribution is 2.32. The standard InChI is InChI=1S/C13H8BrFN2O/c14-9-3-1-2-8(12(9)16)13-17-10-5-4-7(15)6-11(10)18-13/h1-6H,16H2. The number of hydrogen-bond donors (Lipinski definition) is 1. The topological polar surface area (TPSA) is 52.0 Å². The number of oxazole rings is 1. The molecule has 0 spiro atoms. The van der Waals surface area contributed by atoms with Gasteiger partial charge in [-0.25, -0.2) is 9.37 Å². The summed E-state index contributed by atoms with van der Waals surface area (Å²) in [6.07, 6.45) is 0. The Labute approximate surface area is 111 Å². The van der Waals surface area contributed by atoms with Crippen LogP contribution in [0, 0.1) is 5.82 Å².